The van der Waals surface area contributed by atoms with Crippen molar-refractivity contribution in [3.8, 4) is 0 Å². The Hall–Kier alpha value is -2.57. The lowest BCUT2D eigenvalue weighted by molar-refractivity contribution is 0.186. The zero-order valence-corrected chi connectivity index (χ0v) is 34.1. The molecule has 0 unspecified atom stereocenters. The third-order valence-corrected chi connectivity index (χ3v) is 24.9. The molecule has 0 aliphatic carbocycles. The van der Waals surface area contributed by atoms with Gasteiger partial charge in [0.2, 0.25) is 0 Å². The molecule has 0 amide bonds. The summed E-state index contributed by atoms with van der Waals surface area (Å²) in [5.74, 6) is 0. The second-order valence-electron chi connectivity index (χ2n) is 12.3. The molecule has 0 bridgehead atoms. The highest BCUT2D eigenvalue weighted by Gasteiger charge is 2.61. The van der Waals surface area contributed by atoms with E-state index in [2.05, 4.69) is 48.5 Å². The maximum atomic E-state index is 6.61. The van der Waals surface area contributed by atoms with E-state index in [1.807, 2.05) is 72.8 Å². The van der Waals surface area contributed by atoms with Gasteiger partial charge in [-0.25, -0.2) is 0 Å². The van der Waals surface area contributed by atoms with E-state index in [-0.39, 0.29) is 0 Å². The van der Waals surface area contributed by atoms with E-state index in [4.69, 9.17) is 35.4 Å². The summed E-state index contributed by atoms with van der Waals surface area (Å²) in [5.41, 5.74) is -0.690. The van der Waals surface area contributed by atoms with Crippen LogP contribution in [0.1, 0.15) is 0 Å². The van der Waals surface area contributed by atoms with E-state index in [0.717, 1.165) is 20.7 Å². The summed E-state index contributed by atoms with van der Waals surface area (Å²) in [5, 5.41) is 4.09. The second kappa shape index (κ2) is 17.6. The van der Waals surface area contributed by atoms with E-state index in [0.29, 0.717) is 24.2 Å². The number of hydrogen-bond acceptors (Lipinski definition) is 8. The van der Waals surface area contributed by atoms with Gasteiger partial charge < -0.3 is 35.4 Å². The first-order valence-corrected chi connectivity index (χ1v) is 24.5. The number of hydrogen-bond donors (Lipinski definition) is 0. The summed E-state index contributed by atoms with van der Waals surface area (Å²) in [7, 11) is 1.24. The van der Waals surface area contributed by atoms with E-state index < -0.39 is 39.7 Å². The Bertz CT molecular complexity index is 1280. The monoisotopic (exact) mass is 736 g/mol. The highest BCUT2D eigenvalue weighted by Crippen LogP contribution is 2.50. The van der Waals surface area contributed by atoms with Crippen LogP contribution in [0.2, 0.25) is 24.2 Å². The molecule has 0 saturated carbocycles. The fourth-order valence-corrected chi connectivity index (χ4v) is 21.7. The Labute approximate surface area is 297 Å². The lowest BCUT2D eigenvalue weighted by atomic mass is 9.98. The van der Waals surface area contributed by atoms with E-state index in [1.165, 1.54) is 0 Å². The fraction of sp³-hybridized carbons (Fsp3) is 0.351. The van der Waals surface area contributed by atoms with Crippen molar-refractivity contribution in [3.05, 3.63) is 121 Å². The molecule has 0 fully saturated rings. The standard InChI is InChI=1S/C37H52O8Si4/c1-38-46(39-2,33-21-13-9-14-22-33)29-37(30-47(40-3,41-4)34-23-15-10-16-24-34,31-48(42-5,43-6)35-25-17-11-18-26-35)32-49(44-7,45-8)36-27-19-12-20-28-36/h9-28H,29-32H2,1-8H3. The Morgan fingerprint density at radius 3 is 0.612 bits per heavy atom. The van der Waals surface area contributed by atoms with Gasteiger partial charge in [-0.15, -0.1) is 0 Å². The van der Waals surface area contributed by atoms with Gasteiger partial charge in [0, 0.05) is 81.1 Å². The molecule has 264 valence electrons. The van der Waals surface area contributed by atoms with Crippen molar-refractivity contribution in [1.29, 1.82) is 0 Å². The first-order valence-electron chi connectivity index (χ1n) is 16.4. The summed E-state index contributed by atoms with van der Waals surface area (Å²) < 4.78 is 52.9. The topological polar surface area (TPSA) is 73.8 Å². The van der Waals surface area contributed by atoms with Gasteiger partial charge in [0.05, 0.1) is 0 Å². The first kappa shape index (κ1) is 39.2. The molecule has 0 radical (unpaired) electrons. The van der Waals surface area contributed by atoms with Crippen molar-refractivity contribution >= 4 is 55.0 Å². The molecule has 4 aromatic rings. The van der Waals surface area contributed by atoms with Crippen molar-refractivity contribution in [2.24, 2.45) is 5.41 Å². The summed E-state index contributed by atoms with van der Waals surface area (Å²) in [6.45, 7) is 0. The Kier molecular flexibility index (Phi) is 14.1. The molecule has 4 rings (SSSR count). The van der Waals surface area contributed by atoms with Crippen LogP contribution in [-0.2, 0) is 35.4 Å². The first-order chi connectivity index (χ1) is 23.7. The Morgan fingerprint density at radius 2 is 0.469 bits per heavy atom. The van der Waals surface area contributed by atoms with Gasteiger partial charge >= 0.3 is 34.2 Å². The molecule has 0 aromatic heterocycles. The minimum absolute atomic E-state index is 0.522. The zero-order chi connectivity index (χ0) is 35.4. The van der Waals surface area contributed by atoms with Crippen LogP contribution in [0.5, 0.6) is 0 Å². The van der Waals surface area contributed by atoms with Gasteiger partial charge in [0.1, 0.15) is 0 Å². The molecule has 0 heterocycles. The van der Waals surface area contributed by atoms with Crippen molar-refractivity contribution in [2.45, 2.75) is 24.2 Å². The van der Waals surface area contributed by atoms with E-state index in [1.54, 1.807) is 56.9 Å². The SMILES string of the molecule is CO[Si](CC(C[Si](OC)(OC)c1ccccc1)(C[Si](OC)(OC)c1ccccc1)C[Si](OC)(OC)c1ccccc1)(OC)c1ccccc1. The highest BCUT2D eigenvalue weighted by atomic mass is 28.4. The average Bonchev–Trinajstić information content (AvgIpc) is 3.19. The predicted molar refractivity (Wildman–Crippen MR) is 205 cm³/mol. The fourth-order valence-electron chi connectivity index (χ4n) is 7.38. The highest BCUT2D eigenvalue weighted by molar-refractivity contribution is 6.86. The van der Waals surface area contributed by atoms with Gasteiger partial charge in [-0.2, -0.15) is 0 Å². The van der Waals surface area contributed by atoms with Crippen LogP contribution in [0, 0.1) is 5.41 Å². The third-order valence-electron chi connectivity index (χ3n) is 9.92. The summed E-state index contributed by atoms with van der Waals surface area (Å²) in [4.78, 5) is 0. The van der Waals surface area contributed by atoms with Gasteiger partial charge in [0.15, 0.2) is 0 Å². The van der Waals surface area contributed by atoms with Crippen LogP contribution in [-0.4, -0.2) is 91.1 Å². The molecule has 0 N–H and O–H groups in total. The predicted octanol–water partition coefficient (Wildman–Crippen LogP) is 4.54. The summed E-state index contributed by atoms with van der Waals surface area (Å²) in [6, 6.07) is 43.2. The largest absolute Gasteiger partial charge is 0.394 e. The van der Waals surface area contributed by atoms with Crippen LogP contribution in [0.25, 0.3) is 0 Å². The smallest absolute Gasteiger partial charge is 0.372 e. The summed E-state index contributed by atoms with van der Waals surface area (Å²) >= 11 is 0. The van der Waals surface area contributed by atoms with Crippen LogP contribution in [0.15, 0.2) is 121 Å². The zero-order valence-electron chi connectivity index (χ0n) is 30.1. The molecule has 0 aliphatic rings. The number of benzene rings is 4. The molecular formula is C37H52O8Si4. The van der Waals surface area contributed by atoms with Crippen LogP contribution >= 0.6 is 0 Å². The number of rotatable bonds is 20. The Morgan fingerprint density at radius 1 is 0.306 bits per heavy atom. The maximum Gasteiger partial charge on any atom is 0.372 e. The molecule has 49 heavy (non-hydrogen) atoms. The van der Waals surface area contributed by atoms with Crippen molar-refractivity contribution in [3.63, 3.8) is 0 Å². The third kappa shape index (κ3) is 8.33. The van der Waals surface area contributed by atoms with E-state index >= 15 is 0 Å². The molecule has 0 spiro atoms. The average molecular weight is 737 g/mol. The quantitative estimate of drug-likeness (QED) is 0.123. The molecule has 0 atom stereocenters. The van der Waals surface area contributed by atoms with Gasteiger partial charge in [-0.05, 0) is 26.2 Å². The molecule has 12 heteroatoms. The van der Waals surface area contributed by atoms with Crippen LogP contribution in [0.4, 0.5) is 0 Å². The lowest BCUT2D eigenvalue weighted by Gasteiger charge is -2.49. The minimum Gasteiger partial charge on any atom is -0.394 e. The van der Waals surface area contributed by atoms with Gasteiger partial charge in [-0.3, -0.25) is 0 Å². The normalized spacial score (nSPS) is 13.1. The second-order valence-corrected chi connectivity index (χ2v) is 25.3. The van der Waals surface area contributed by atoms with Crippen LogP contribution in [0.3, 0.4) is 0 Å². The molecule has 8 nitrogen and oxygen atoms in total. The molecular weight excluding hydrogens is 685 g/mol. The van der Waals surface area contributed by atoms with E-state index in [9.17, 15) is 0 Å². The minimum atomic E-state index is -3.20. The van der Waals surface area contributed by atoms with Crippen molar-refractivity contribution in [2.75, 3.05) is 56.9 Å². The molecule has 0 saturated heterocycles. The van der Waals surface area contributed by atoms with Gasteiger partial charge in [-0.1, -0.05) is 121 Å². The van der Waals surface area contributed by atoms with Crippen molar-refractivity contribution in [1.82, 2.24) is 0 Å². The lowest BCUT2D eigenvalue weighted by Crippen LogP contribution is -2.66. The van der Waals surface area contributed by atoms with Crippen LogP contribution < -0.4 is 20.7 Å². The Balaban J connectivity index is 2.11. The molecule has 4 aromatic carbocycles. The maximum absolute atomic E-state index is 6.61. The summed E-state index contributed by atoms with van der Waals surface area (Å²) in [6.07, 6.45) is 0. The van der Waals surface area contributed by atoms with Gasteiger partial charge in [0.25, 0.3) is 0 Å². The molecule has 0 aliphatic heterocycles. The van der Waals surface area contributed by atoms with Crippen molar-refractivity contribution < 1.29 is 35.4 Å².